The van der Waals surface area contributed by atoms with E-state index in [9.17, 15) is 10.1 Å². The number of rotatable bonds is 8. The average molecular weight is 481 g/mol. The Balaban J connectivity index is 1.54. The van der Waals surface area contributed by atoms with Crippen molar-refractivity contribution in [1.29, 1.82) is 5.26 Å². The van der Waals surface area contributed by atoms with Gasteiger partial charge in [-0.2, -0.15) is 5.26 Å². The van der Waals surface area contributed by atoms with E-state index >= 15 is 0 Å². The van der Waals surface area contributed by atoms with Crippen LogP contribution in [0.1, 0.15) is 22.6 Å². The molecule has 0 radical (unpaired) electrons. The number of hydrogen-bond acceptors (Lipinski definition) is 7. The summed E-state index contributed by atoms with van der Waals surface area (Å²) in [7, 11) is 1.59. The fraction of sp³-hybridized carbons (Fsp3) is 0.103. The maximum Gasteiger partial charge on any atom is 0.336 e. The van der Waals surface area contributed by atoms with E-state index in [-0.39, 0.29) is 5.88 Å². The Morgan fingerprint density at radius 2 is 1.78 bits per heavy atom. The van der Waals surface area contributed by atoms with Crippen molar-refractivity contribution >= 4 is 12.0 Å². The smallest absolute Gasteiger partial charge is 0.336 e. The predicted molar refractivity (Wildman–Crippen MR) is 136 cm³/mol. The highest BCUT2D eigenvalue weighted by Crippen LogP contribution is 2.43. The second-order valence-electron chi connectivity index (χ2n) is 7.82. The summed E-state index contributed by atoms with van der Waals surface area (Å²) in [6, 6.07) is 21.8. The molecule has 1 atom stereocenters. The molecule has 4 rings (SSSR count). The minimum absolute atomic E-state index is 0.00450. The van der Waals surface area contributed by atoms with Crippen LogP contribution in [0.5, 0.6) is 23.0 Å². The number of nitriles is 1. The topological polar surface area (TPSA) is 104 Å². The molecule has 3 aromatic rings. The molecule has 0 aromatic heterocycles. The number of carbonyl (C=O) groups is 1. The molecular weight excluding hydrogens is 456 g/mol. The molecule has 0 aliphatic carbocycles. The highest BCUT2D eigenvalue weighted by atomic mass is 16.5. The minimum atomic E-state index is -0.547. The fourth-order valence-corrected chi connectivity index (χ4v) is 3.78. The lowest BCUT2D eigenvalue weighted by Crippen LogP contribution is -2.21. The van der Waals surface area contributed by atoms with E-state index in [1.165, 1.54) is 6.08 Å². The number of allylic oxidation sites excluding steroid dienone is 1. The number of nitrogens with zero attached hydrogens (tertiary/aromatic N) is 1. The summed E-state index contributed by atoms with van der Waals surface area (Å²) < 4.78 is 21.8. The Hall–Kier alpha value is -4.96. The van der Waals surface area contributed by atoms with Crippen molar-refractivity contribution in [3.8, 4) is 29.1 Å². The number of benzene rings is 3. The molecule has 180 valence electrons. The van der Waals surface area contributed by atoms with E-state index < -0.39 is 11.9 Å². The summed E-state index contributed by atoms with van der Waals surface area (Å²) in [5, 5.41) is 9.76. The standard InChI is InChI=1S/C29H24N2O5/c1-3-16-34-22-11-7-20(8-12-22)28-24-14-13-23(17-26(24)36-29(31)25(28)18-30)35-27(32)15-6-19-4-9-21(33-2)10-5-19/h3-15,17,28H,1,16,31H2,2H3/b15-6+. The van der Waals surface area contributed by atoms with E-state index in [0.717, 1.165) is 22.4 Å². The lowest BCUT2D eigenvalue weighted by molar-refractivity contribution is -0.128. The van der Waals surface area contributed by atoms with Gasteiger partial charge < -0.3 is 24.7 Å². The van der Waals surface area contributed by atoms with E-state index in [1.807, 2.05) is 36.4 Å². The van der Waals surface area contributed by atoms with Gasteiger partial charge in [-0.3, -0.25) is 0 Å². The maximum absolute atomic E-state index is 12.4. The molecule has 0 amide bonds. The molecule has 0 saturated carbocycles. The molecule has 0 saturated heterocycles. The van der Waals surface area contributed by atoms with Crippen molar-refractivity contribution in [2.45, 2.75) is 5.92 Å². The Kier molecular flexibility index (Phi) is 7.37. The monoisotopic (exact) mass is 480 g/mol. The largest absolute Gasteiger partial charge is 0.497 e. The zero-order chi connectivity index (χ0) is 25.5. The number of fused-ring (bicyclic) bond motifs is 1. The second-order valence-corrected chi connectivity index (χ2v) is 7.82. The average Bonchev–Trinajstić information content (AvgIpc) is 2.90. The third kappa shape index (κ3) is 5.40. The van der Waals surface area contributed by atoms with Crippen LogP contribution >= 0.6 is 0 Å². The van der Waals surface area contributed by atoms with Crippen LogP contribution in [-0.4, -0.2) is 19.7 Å². The van der Waals surface area contributed by atoms with E-state index in [2.05, 4.69) is 12.6 Å². The summed E-state index contributed by atoms with van der Waals surface area (Å²) in [5.74, 6) is 1.13. The van der Waals surface area contributed by atoms with Crippen molar-refractivity contribution in [2.24, 2.45) is 5.73 Å². The Morgan fingerprint density at radius 1 is 1.08 bits per heavy atom. The molecule has 7 nitrogen and oxygen atoms in total. The number of esters is 1. The molecule has 3 aromatic carbocycles. The van der Waals surface area contributed by atoms with Gasteiger partial charge in [0.2, 0.25) is 5.88 Å². The van der Waals surface area contributed by atoms with Crippen molar-refractivity contribution in [1.82, 2.24) is 0 Å². The predicted octanol–water partition coefficient (Wildman–Crippen LogP) is 5.10. The molecule has 1 unspecified atom stereocenters. The number of nitrogens with two attached hydrogens (primary N) is 1. The van der Waals surface area contributed by atoms with Gasteiger partial charge in [0.25, 0.3) is 0 Å². The first-order valence-corrected chi connectivity index (χ1v) is 11.1. The summed E-state index contributed by atoms with van der Waals surface area (Å²) >= 11 is 0. The first-order chi connectivity index (χ1) is 17.5. The van der Waals surface area contributed by atoms with Crippen LogP contribution in [-0.2, 0) is 4.79 Å². The molecule has 1 heterocycles. The van der Waals surface area contributed by atoms with Crippen LogP contribution in [0.3, 0.4) is 0 Å². The first kappa shape index (κ1) is 24.2. The van der Waals surface area contributed by atoms with Crippen molar-refractivity contribution in [2.75, 3.05) is 13.7 Å². The summed E-state index contributed by atoms with van der Waals surface area (Å²) in [5.41, 5.74) is 8.78. The molecule has 0 spiro atoms. The lowest BCUT2D eigenvalue weighted by Gasteiger charge is -2.26. The van der Waals surface area contributed by atoms with Crippen LogP contribution in [0.15, 0.2) is 96.9 Å². The minimum Gasteiger partial charge on any atom is -0.497 e. The normalized spacial score (nSPS) is 14.4. The number of hydrogen-bond donors (Lipinski definition) is 1. The Bertz CT molecular complexity index is 1370. The van der Waals surface area contributed by atoms with Gasteiger partial charge in [0.1, 0.15) is 41.2 Å². The van der Waals surface area contributed by atoms with Crippen LogP contribution in [0.25, 0.3) is 6.08 Å². The van der Waals surface area contributed by atoms with Gasteiger partial charge in [0.15, 0.2) is 0 Å². The summed E-state index contributed by atoms with van der Waals surface area (Å²) in [6.07, 6.45) is 4.65. The molecule has 7 heteroatoms. The fourth-order valence-electron chi connectivity index (χ4n) is 3.78. The van der Waals surface area contributed by atoms with Gasteiger partial charge in [-0.15, -0.1) is 0 Å². The summed E-state index contributed by atoms with van der Waals surface area (Å²) in [6.45, 7) is 4.04. The molecule has 1 aliphatic rings. The number of carbonyl (C=O) groups excluding carboxylic acids is 1. The van der Waals surface area contributed by atoms with Gasteiger partial charge >= 0.3 is 5.97 Å². The van der Waals surface area contributed by atoms with Crippen molar-refractivity contribution < 1.29 is 23.7 Å². The van der Waals surface area contributed by atoms with Crippen LogP contribution in [0, 0.1) is 11.3 Å². The van der Waals surface area contributed by atoms with Gasteiger partial charge in [-0.05, 0) is 47.5 Å². The molecule has 1 aliphatic heterocycles. The van der Waals surface area contributed by atoms with Crippen molar-refractivity contribution in [3.63, 3.8) is 0 Å². The van der Waals surface area contributed by atoms with Gasteiger partial charge in [0.05, 0.1) is 13.0 Å². The molecule has 0 bridgehead atoms. The van der Waals surface area contributed by atoms with Crippen molar-refractivity contribution in [3.05, 3.63) is 114 Å². The van der Waals surface area contributed by atoms with E-state index in [4.69, 9.17) is 24.7 Å². The maximum atomic E-state index is 12.4. The van der Waals surface area contributed by atoms with E-state index in [1.54, 1.807) is 49.6 Å². The Labute approximate surface area is 209 Å². The quantitative estimate of drug-likeness (QED) is 0.207. The Morgan fingerprint density at radius 3 is 2.44 bits per heavy atom. The first-order valence-electron chi connectivity index (χ1n) is 11.1. The van der Waals surface area contributed by atoms with Crippen LogP contribution < -0.4 is 24.7 Å². The zero-order valence-electron chi connectivity index (χ0n) is 19.6. The van der Waals surface area contributed by atoms with E-state index in [0.29, 0.717) is 29.4 Å². The highest BCUT2D eigenvalue weighted by molar-refractivity contribution is 5.88. The van der Waals surface area contributed by atoms with Gasteiger partial charge in [-0.25, -0.2) is 4.79 Å². The molecule has 0 fully saturated rings. The van der Waals surface area contributed by atoms with Gasteiger partial charge in [-0.1, -0.05) is 43.0 Å². The second kappa shape index (κ2) is 11.0. The number of ether oxygens (including phenoxy) is 4. The SMILES string of the molecule is C=CCOc1ccc(C2C(C#N)=C(N)Oc3cc(OC(=O)/C=C/c4ccc(OC)cc4)ccc32)cc1. The van der Waals surface area contributed by atoms with Crippen LogP contribution in [0.2, 0.25) is 0 Å². The molecule has 36 heavy (non-hydrogen) atoms. The van der Waals surface area contributed by atoms with Crippen LogP contribution in [0.4, 0.5) is 0 Å². The lowest BCUT2D eigenvalue weighted by atomic mass is 9.83. The third-order valence-corrected chi connectivity index (χ3v) is 5.52. The van der Waals surface area contributed by atoms with Gasteiger partial charge in [0, 0.05) is 17.7 Å². The summed E-state index contributed by atoms with van der Waals surface area (Å²) in [4.78, 5) is 12.4. The third-order valence-electron chi connectivity index (χ3n) is 5.52. The zero-order valence-corrected chi connectivity index (χ0v) is 19.6. The molecule has 2 N–H and O–H groups in total. The highest BCUT2D eigenvalue weighted by Gasteiger charge is 2.31. The molecular formula is C29H24N2O5. The number of methoxy groups -OCH3 is 1.